The first-order valence-electron chi connectivity index (χ1n) is 8.93. The molecule has 0 saturated carbocycles. The van der Waals surface area contributed by atoms with Gasteiger partial charge in [0.15, 0.2) is 0 Å². The van der Waals surface area contributed by atoms with E-state index < -0.39 is 0 Å². The number of nitrogens with zero attached hydrogens (tertiary/aromatic N) is 2. The molecule has 0 fully saturated rings. The van der Waals surface area contributed by atoms with Gasteiger partial charge in [-0.05, 0) is 42.3 Å². The Hall–Kier alpha value is -3.41. The molecular weight excluding hydrogens is 340 g/mol. The van der Waals surface area contributed by atoms with Crippen molar-refractivity contribution in [3.05, 3.63) is 71.9 Å². The van der Waals surface area contributed by atoms with Crippen LogP contribution in [0.3, 0.4) is 0 Å². The Morgan fingerprint density at radius 1 is 1.19 bits per heavy atom. The predicted octanol–water partition coefficient (Wildman–Crippen LogP) is 4.02. The van der Waals surface area contributed by atoms with Crippen LogP contribution in [0.4, 0.5) is 0 Å². The maximum absolute atomic E-state index is 12.2. The van der Waals surface area contributed by atoms with Crippen LogP contribution < -0.4 is 10.2 Å². The van der Waals surface area contributed by atoms with E-state index in [1.807, 2.05) is 54.6 Å². The average Bonchev–Trinajstić information content (AvgIpc) is 3.20. The van der Waals surface area contributed by atoms with Crippen LogP contribution >= 0.6 is 0 Å². The fourth-order valence-electron chi connectivity index (χ4n) is 2.40. The molecule has 0 aliphatic carbocycles. The second kappa shape index (κ2) is 9.33. The number of carbonyl (C=O) groups is 1. The Kier molecular flexibility index (Phi) is 6.35. The molecular formula is C21H22N4O2. The smallest absolute Gasteiger partial charge is 0.289 e. The number of aromatic nitrogens is 2. The first-order valence-corrected chi connectivity index (χ1v) is 8.93. The number of aromatic amines is 1. The molecule has 138 valence electrons. The molecule has 3 rings (SSSR count). The number of carbonyl (C=O) groups excluding carboxylic acids is 1. The Labute approximate surface area is 158 Å². The Bertz CT molecular complexity index is 886. The van der Waals surface area contributed by atoms with Crippen LogP contribution in [0.15, 0.2) is 65.8 Å². The Morgan fingerprint density at radius 3 is 2.70 bits per heavy atom. The Balaban J connectivity index is 1.54. The molecule has 0 radical (unpaired) electrons. The van der Waals surface area contributed by atoms with Gasteiger partial charge in [-0.25, -0.2) is 5.43 Å². The summed E-state index contributed by atoms with van der Waals surface area (Å²) in [7, 11) is 0. The number of unbranched alkanes of at least 4 members (excludes halogenated alkanes) is 1. The van der Waals surface area contributed by atoms with Crippen molar-refractivity contribution in [2.45, 2.75) is 19.8 Å². The molecule has 0 bridgehead atoms. The summed E-state index contributed by atoms with van der Waals surface area (Å²) in [4.78, 5) is 12.2. The van der Waals surface area contributed by atoms with Crippen molar-refractivity contribution in [2.24, 2.45) is 5.10 Å². The number of hydrogen-bond donors (Lipinski definition) is 2. The van der Waals surface area contributed by atoms with Gasteiger partial charge in [0.05, 0.1) is 18.5 Å². The quantitative estimate of drug-likeness (QED) is 0.361. The van der Waals surface area contributed by atoms with E-state index >= 15 is 0 Å². The lowest BCUT2D eigenvalue weighted by Gasteiger charge is -2.04. The molecule has 0 atom stereocenters. The fourth-order valence-corrected chi connectivity index (χ4v) is 2.40. The van der Waals surface area contributed by atoms with Crippen molar-refractivity contribution in [2.75, 3.05) is 6.61 Å². The highest BCUT2D eigenvalue weighted by atomic mass is 16.5. The number of hydrogen-bond acceptors (Lipinski definition) is 4. The minimum Gasteiger partial charge on any atom is -0.494 e. The van der Waals surface area contributed by atoms with E-state index in [0.29, 0.717) is 11.4 Å². The van der Waals surface area contributed by atoms with Crippen LogP contribution in [-0.2, 0) is 0 Å². The summed E-state index contributed by atoms with van der Waals surface area (Å²) in [6, 6.07) is 18.9. The van der Waals surface area contributed by atoms with Gasteiger partial charge in [-0.15, -0.1) is 0 Å². The molecule has 1 amide bonds. The van der Waals surface area contributed by atoms with Crippen molar-refractivity contribution in [1.29, 1.82) is 0 Å². The number of nitrogens with one attached hydrogen (secondary N) is 2. The third-order valence-corrected chi connectivity index (χ3v) is 3.92. The highest BCUT2D eigenvalue weighted by molar-refractivity contribution is 5.94. The van der Waals surface area contributed by atoms with Crippen molar-refractivity contribution >= 4 is 12.1 Å². The maximum Gasteiger partial charge on any atom is 0.289 e. The minimum atomic E-state index is -0.347. The van der Waals surface area contributed by atoms with E-state index in [1.165, 1.54) is 0 Å². The van der Waals surface area contributed by atoms with Crippen LogP contribution in [0.2, 0.25) is 0 Å². The lowest BCUT2D eigenvalue weighted by Crippen LogP contribution is -2.17. The molecule has 6 heteroatoms. The monoisotopic (exact) mass is 362 g/mol. The van der Waals surface area contributed by atoms with Gasteiger partial charge in [0.2, 0.25) is 0 Å². The third kappa shape index (κ3) is 5.28. The van der Waals surface area contributed by atoms with Gasteiger partial charge in [-0.2, -0.15) is 10.2 Å². The van der Waals surface area contributed by atoms with Gasteiger partial charge in [-0.3, -0.25) is 9.89 Å². The molecule has 0 spiro atoms. The highest BCUT2D eigenvalue weighted by Gasteiger charge is 2.09. The molecule has 1 heterocycles. The summed E-state index contributed by atoms with van der Waals surface area (Å²) in [6.45, 7) is 2.85. The number of amides is 1. The van der Waals surface area contributed by atoms with Crippen molar-refractivity contribution < 1.29 is 9.53 Å². The second-order valence-corrected chi connectivity index (χ2v) is 6.00. The maximum atomic E-state index is 12.2. The van der Waals surface area contributed by atoms with Gasteiger partial charge >= 0.3 is 0 Å². The highest BCUT2D eigenvalue weighted by Crippen LogP contribution is 2.16. The molecule has 2 N–H and O–H groups in total. The molecule has 2 aromatic carbocycles. The number of hydrazone groups is 1. The molecule has 27 heavy (non-hydrogen) atoms. The van der Waals surface area contributed by atoms with Gasteiger partial charge in [0.25, 0.3) is 5.91 Å². The summed E-state index contributed by atoms with van der Waals surface area (Å²) in [6.07, 6.45) is 3.73. The third-order valence-electron chi connectivity index (χ3n) is 3.92. The van der Waals surface area contributed by atoms with Gasteiger partial charge in [0, 0.05) is 5.56 Å². The molecule has 6 nitrogen and oxygen atoms in total. The van der Waals surface area contributed by atoms with Crippen LogP contribution in [0, 0.1) is 0 Å². The number of rotatable bonds is 8. The lowest BCUT2D eigenvalue weighted by atomic mass is 10.1. The van der Waals surface area contributed by atoms with E-state index in [1.54, 1.807) is 12.3 Å². The summed E-state index contributed by atoms with van der Waals surface area (Å²) >= 11 is 0. The normalized spacial score (nSPS) is 10.9. The molecule has 0 aliphatic heterocycles. The van der Waals surface area contributed by atoms with Crippen molar-refractivity contribution in [3.63, 3.8) is 0 Å². The largest absolute Gasteiger partial charge is 0.494 e. The average molecular weight is 362 g/mol. The number of ether oxygens (including phenoxy) is 1. The summed E-state index contributed by atoms with van der Waals surface area (Å²) in [5.41, 5.74) is 5.37. The van der Waals surface area contributed by atoms with Crippen LogP contribution in [-0.4, -0.2) is 28.9 Å². The summed E-state index contributed by atoms with van der Waals surface area (Å²) in [5, 5.41) is 10.9. The van der Waals surface area contributed by atoms with E-state index in [9.17, 15) is 4.79 Å². The molecule has 0 saturated heterocycles. The van der Waals surface area contributed by atoms with Crippen LogP contribution in [0.5, 0.6) is 5.75 Å². The van der Waals surface area contributed by atoms with E-state index in [-0.39, 0.29) is 5.91 Å². The number of benzene rings is 2. The second-order valence-electron chi connectivity index (χ2n) is 6.00. The van der Waals surface area contributed by atoms with E-state index in [2.05, 4.69) is 27.6 Å². The zero-order valence-electron chi connectivity index (χ0n) is 15.2. The standard InChI is InChI=1S/C21H22N4O2/c1-2-3-13-27-18-11-9-16(10-12-18)15-22-25-21(26)20-14-19(23-24-20)17-7-5-4-6-8-17/h4-12,14-15H,2-3,13H2,1H3,(H,23,24)(H,25,26). The lowest BCUT2D eigenvalue weighted by molar-refractivity contribution is 0.0950. The molecule has 1 aromatic heterocycles. The molecule has 3 aromatic rings. The van der Waals surface area contributed by atoms with Gasteiger partial charge in [-0.1, -0.05) is 43.7 Å². The van der Waals surface area contributed by atoms with Gasteiger partial charge < -0.3 is 4.74 Å². The SMILES string of the molecule is CCCCOc1ccc(C=NNC(=O)c2cc(-c3ccccc3)n[nH]2)cc1. The van der Waals surface area contributed by atoms with Crippen molar-refractivity contribution in [1.82, 2.24) is 15.6 Å². The van der Waals surface area contributed by atoms with Crippen LogP contribution in [0.25, 0.3) is 11.3 Å². The Morgan fingerprint density at radius 2 is 1.96 bits per heavy atom. The predicted molar refractivity (Wildman–Crippen MR) is 106 cm³/mol. The number of H-pyrrole nitrogens is 1. The first-order chi connectivity index (χ1) is 13.3. The topological polar surface area (TPSA) is 79.4 Å². The van der Waals surface area contributed by atoms with E-state index in [4.69, 9.17) is 4.74 Å². The molecule has 0 aliphatic rings. The van der Waals surface area contributed by atoms with Crippen molar-refractivity contribution in [3.8, 4) is 17.0 Å². The first kappa shape index (κ1) is 18.4. The summed E-state index contributed by atoms with van der Waals surface area (Å²) < 4.78 is 5.62. The van der Waals surface area contributed by atoms with E-state index in [0.717, 1.165) is 36.3 Å². The minimum absolute atomic E-state index is 0.347. The van der Waals surface area contributed by atoms with Gasteiger partial charge in [0.1, 0.15) is 11.4 Å². The fraction of sp³-hybridized carbons (Fsp3) is 0.190. The summed E-state index contributed by atoms with van der Waals surface area (Å²) in [5.74, 6) is 0.482. The molecule has 0 unspecified atom stereocenters. The zero-order chi connectivity index (χ0) is 18.9. The van der Waals surface area contributed by atoms with Crippen LogP contribution in [0.1, 0.15) is 35.8 Å². The zero-order valence-corrected chi connectivity index (χ0v) is 15.2.